The second kappa shape index (κ2) is 13.3. The number of para-hydroxylation sites is 1. The summed E-state index contributed by atoms with van der Waals surface area (Å²) in [6, 6.07) is 9.27. The molecule has 9 heteroatoms. The van der Waals surface area contributed by atoms with Crippen LogP contribution in [0.1, 0.15) is 45.0 Å². The molecule has 1 heterocycles. The van der Waals surface area contributed by atoms with Crippen LogP contribution >= 0.6 is 11.3 Å². The fourth-order valence-electron chi connectivity index (χ4n) is 3.93. The van der Waals surface area contributed by atoms with E-state index in [1.807, 2.05) is 39.0 Å². The largest absolute Gasteiger partial charge is 0.494 e. The molecule has 0 saturated carbocycles. The van der Waals surface area contributed by atoms with Gasteiger partial charge in [-0.3, -0.25) is 9.69 Å². The molecular formula is C27H37N3O5S. The lowest BCUT2D eigenvalue weighted by atomic mass is 10.1. The van der Waals surface area contributed by atoms with Crippen molar-refractivity contribution in [2.75, 3.05) is 58.0 Å². The monoisotopic (exact) mass is 515 g/mol. The van der Waals surface area contributed by atoms with Crippen LogP contribution in [0.25, 0.3) is 10.2 Å². The van der Waals surface area contributed by atoms with Crippen molar-refractivity contribution in [3.05, 3.63) is 35.9 Å². The van der Waals surface area contributed by atoms with Crippen molar-refractivity contribution in [3.63, 3.8) is 0 Å². The molecule has 196 valence electrons. The third-order valence-electron chi connectivity index (χ3n) is 5.76. The van der Waals surface area contributed by atoms with Crippen LogP contribution in [0.2, 0.25) is 0 Å². The number of carbonyl (C=O) groups is 1. The smallest absolute Gasteiger partial charge is 0.260 e. The Morgan fingerprint density at radius 3 is 2.08 bits per heavy atom. The van der Waals surface area contributed by atoms with E-state index in [4.69, 9.17) is 23.9 Å². The third-order valence-corrected chi connectivity index (χ3v) is 6.80. The van der Waals surface area contributed by atoms with Crippen LogP contribution in [-0.2, 0) is 0 Å². The maximum Gasteiger partial charge on any atom is 0.260 e. The summed E-state index contributed by atoms with van der Waals surface area (Å²) in [7, 11) is 1.63. The summed E-state index contributed by atoms with van der Waals surface area (Å²) in [5.41, 5.74) is 1.20. The highest BCUT2D eigenvalue weighted by Crippen LogP contribution is 2.40. The molecule has 0 unspecified atom stereocenters. The summed E-state index contributed by atoms with van der Waals surface area (Å²) in [5.74, 6) is 2.00. The Labute approximate surface area is 217 Å². The van der Waals surface area contributed by atoms with Gasteiger partial charge >= 0.3 is 0 Å². The highest BCUT2D eigenvalue weighted by molar-refractivity contribution is 7.22. The molecule has 0 radical (unpaired) electrons. The molecule has 8 nitrogen and oxygen atoms in total. The minimum Gasteiger partial charge on any atom is -0.494 e. The summed E-state index contributed by atoms with van der Waals surface area (Å²) in [6.07, 6.45) is 0. The van der Waals surface area contributed by atoms with Crippen molar-refractivity contribution >= 4 is 32.6 Å². The first-order valence-electron chi connectivity index (χ1n) is 12.5. The topological polar surface area (TPSA) is 73.4 Å². The Morgan fingerprint density at radius 2 is 1.53 bits per heavy atom. The Bertz CT molecular complexity index is 1120. The van der Waals surface area contributed by atoms with Gasteiger partial charge in [0, 0.05) is 18.7 Å². The van der Waals surface area contributed by atoms with Crippen LogP contribution in [0.4, 0.5) is 5.13 Å². The maximum absolute atomic E-state index is 14.0. The predicted molar refractivity (Wildman–Crippen MR) is 146 cm³/mol. The van der Waals surface area contributed by atoms with Gasteiger partial charge in [-0.15, -0.1) is 0 Å². The van der Waals surface area contributed by atoms with E-state index >= 15 is 0 Å². The van der Waals surface area contributed by atoms with Crippen molar-refractivity contribution < 1.29 is 23.7 Å². The summed E-state index contributed by atoms with van der Waals surface area (Å²) < 4.78 is 24.0. The van der Waals surface area contributed by atoms with Gasteiger partial charge in [0.1, 0.15) is 11.3 Å². The highest BCUT2D eigenvalue weighted by Gasteiger charge is 2.26. The number of rotatable bonds is 14. The van der Waals surface area contributed by atoms with Crippen molar-refractivity contribution in [1.82, 2.24) is 9.88 Å². The average molecular weight is 516 g/mol. The number of nitrogens with zero attached hydrogens (tertiary/aromatic N) is 3. The highest BCUT2D eigenvalue weighted by atomic mass is 32.1. The van der Waals surface area contributed by atoms with Gasteiger partial charge in [-0.2, -0.15) is 0 Å². The first-order valence-corrected chi connectivity index (χ1v) is 13.4. The molecule has 2 aromatic carbocycles. The number of fused-ring (bicyclic) bond motifs is 1. The molecule has 1 aromatic heterocycles. The summed E-state index contributed by atoms with van der Waals surface area (Å²) in [5, 5.41) is 0.622. The number of likely N-dealkylation sites (N-methyl/N-ethyl adjacent to an activating group) is 1. The number of aromatic nitrogens is 1. The zero-order valence-corrected chi connectivity index (χ0v) is 22.9. The van der Waals surface area contributed by atoms with E-state index < -0.39 is 0 Å². The van der Waals surface area contributed by atoms with E-state index in [0.717, 1.165) is 29.9 Å². The Morgan fingerprint density at radius 1 is 0.889 bits per heavy atom. The van der Waals surface area contributed by atoms with Crippen molar-refractivity contribution in [3.8, 4) is 23.0 Å². The molecule has 3 rings (SSSR count). The number of carbonyl (C=O) groups excluding carboxylic acids is 1. The predicted octanol–water partition coefficient (Wildman–Crippen LogP) is 5.49. The quantitative estimate of drug-likeness (QED) is 0.281. The molecule has 0 atom stereocenters. The molecule has 1 amide bonds. The second-order valence-corrected chi connectivity index (χ2v) is 8.90. The maximum atomic E-state index is 14.0. The molecule has 0 aliphatic heterocycles. The van der Waals surface area contributed by atoms with Gasteiger partial charge in [0.15, 0.2) is 16.6 Å². The van der Waals surface area contributed by atoms with E-state index in [2.05, 4.69) is 18.7 Å². The first-order chi connectivity index (χ1) is 17.5. The van der Waals surface area contributed by atoms with E-state index in [-0.39, 0.29) is 5.91 Å². The molecule has 0 spiro atoms. The first kappa shape index (κ1) is 27.5. The van der Waals surface area contributed by atoms with E-state index in [1.54, 1.807) is 24.1 Å². The van der Waals surface area contributed by atoms with Gasteiger partial charge < -0.3 is 23.8 Å². The molecule has 0 N–H and O–H groups in total. The van der Waals surface area contributed by atoms with Gasteiger partial charge in [0.25, 0.3) is 5.91 Å². The van der Waals surface area contributed by atoms with Crippen LogP contribution in [0, 0.1) is 0 Å². The van der Waals surface area contributed by atoms with Crippen LogP contribution in [0.15, 0.2) is 30.3 Å². The Kier molecular flexibility index (Phi) is 10.2. The van der Waals surface area contributed by atoms with E-state index in [1.165, 1.54) is 11.3 Å². The van der Waals surface area contributed by atoms with Gasteiger partial charge in [0.2, 0.25) is 5.75 Å². The zero-order valence-electron chi connectivity index (χ0n) is 22.1. The fourth-order valence-corrected chi connectivity index (χ4v) is 4.93. The second-order valence-electron chi connectivity index (χ2n) is 7.89. The molecule has 0 saturated heterocycles. The number of hydrogen-bond donors (Lipinski definition) is 0. The minimum atomic E-state index is -0.176. The number of hydrogen-bond acceptors (Lipinski definition) is 8. The van der Waals surface area contributed by atoms with Gasteiger partial charge in [-0.05, 0) is 58.1 Å². The molecular weight excluding hydrogens is 478 g/mol. The Balaban J connectivity index is 2.09. The molecule has 0 fully saturated rings. The fraction of sp³-hybridized carbons (Fsp3) is 0.481. The standard InChI is InChI=1S/C27H37N3O5S/c1-7-29(8-2)15-16-30(27-28-24-20(32-6)13-12-14-23(24)36-27)26(31)19-17-21(33-9-3)25(35-11-5)22(18-19)34-10-4/h12-14,17-18H,7-11,15-16H2,1-6H3. The molecule has 0 aliphatic carbocycles. The number of methoxy groups -OCH3 is 1. The number of amides is 1. The molecule has 36 heavy (non-hydrogen) atoms. The lowest BCUT2D eigenvalue weighted by Gasteiger charge is -2.25. The normalized spacial score (nSPS) is 11.1. The number of benzene rings is 2. The van der Waals surface area contributed by atoms with Crippen LogP contribution in [0.5, 0.6) is 23.0 Å². The van der Waals surface area contributed by atoms with Crippen LogP contribution in [-0.4, -0.2) is 68.9 Å². The minimum absolute atomic E-state index is 0.176. The van der Waals surface area contributed by atoms with Crippen molar-refractivity contribution in [2.45, 2.75) is 34.6 Å². The summed E-state index contributed by atoms with van der Waals surface area (Å²) in [4.78, 5) is 22.9. The van der Waals surface area contributed by atoms with Crippen molar-refractivity contribution in [2.24, 2.45) is 0 Å². The number of thiazole rings is 1. The molecule has 3 aromatic rings. The van der Waals surface area contributed by atoms with Gasteiger partial charge in [-0.1, -0.05) is 31.3 Å². The van der Waals surface area contributed by atoms with Crippen LogP contribution < -0.4 is 23.8 Å². The lowest BCUT2D eigenvalue weighted by molar-refractivity contribution is 0.0982. The van der Waals surface area contributed by atoms with Crippen molar-refractivity contribution in [1.29, 1.82) is 0 Å². The molecule has 0 aliphatic rings. The van der Waals surface area contributed by atoms with Gasteiger partial charge in [-0.25, -0.2) is 4.98 Å². The summed E-state index contributed by atoms with van der Waals surface area (Å²) in [6.45, 7) is 14.3. The molecule has 0 bridgehead atoms. The third kappa shape index (κ3) is 6.20. The average Bonchev–Trinajstić information content (AvgIpc) is 3.32. The van der Waals surface area contributed by atoms with E-state index in [9.17, 15) is 4.79 Å². The summed E-state index contributed by atoms with van der Waals surface area (Å²) >= 11 is 1.47. The van der Waals surface area contributed by atoms with Crippen LogP contribution in [0.3, 0.4) is 0 Å². The Hall–Kier alpha value is -3.04. The van der Waals surface area contributed by atoms with Gasteiger partial charge in [0.05, 0.1) is 31.6 Å². The zero-order chi connectivity index (χ0) is 26.1. The SMILES string of the molecule is CCOc1cc(C(=O)N(CCN(CC)CC)c2nc3c(OC)cccc3s2)cc(OCC)c1OCC. The number of anilines is 1. The van der Waals surface area contributed by atoms with E-state index in [0.29, 0.717) is 60.1 Å². The lowest BCUT2D eigenvalue weighted by Crippen LogP contribution is -2.39. The number of ether oxygens (including phenoxy) is 4.